The van der Waals surface area contributed by atoms with Crippen LogP contribution >= 0.6 is 11.3 Å². The third kappa shape index (κ3) is 4.12. The van der Waals surface area contributed by atoms with Gasteiger partial charge in [-0.3, -0.25) is 4.79 Å². The molecule has 0 spiro atoms. The molecular formula is C18H22N2O2S. The molecule has 1 aliphatic rings. The summed E-state index contributed by atoms with van der Waals surface area (Å²) in [5, 5.41) is 12.5. The Kier molecular flexibility index (Phi) is 4.98. The molecule has 0 unspecified atom stereocenters. The monoisotopic (exact) mass is 330 g/mol. The molecule has 2 aromatic rings. The average molecular weight is 330 g/mol. The number of hydrogen-bond donors (Lipinski definition) is 2. The molecule has 0 atom stereocenters. The number of aliphatic hydroxyl groups is 1. The fourth-order valence-electron chi connectivity index (χ4n) is 2.80. The molecule has 2 N–H and O–H groups in total. The molecule has 5 heteroatoms. The van der Waals surface area contributed by atoms with Gasteiger partial charge in [0.1, 0.15) is 0 Å². The molecular weight excluding hydrogens is 308 g/mol. The van der Waals surface area contributed by atoms with Crippen molar-refractivity contribution in [2.75, 3.05) is 18.0 Å². The molecule has 1 aromatic carbocycles. The van der Waals surface area contributed by atoms with Crippen LogP contribution < -0.4 is 10.2 Å². The first-order chi connectivity index (χ1) is 11.1. The normalized spacial score (nSPS) is 15.7. The molecule has 0 saturated carbocycles. The van der Waals surface area contributed by atoms with E-state index in [0.717, 1.165) is 31.6 Å². The molecule has 2 heterocycles. The lowest BCUT2D eigenvalue weighted by Gasteiger charge is -2.31. The molecule has 3 rings (SSSR count). The van der Waals surface area contributed by atoms with Gasteiger partial charge < -0.3 is 15.3 Å². The Labute approximate surface area is 140 Å². The Morgan fingerprint density at radius 2 is 1.91 bits per heavy atom. The SMILES string of the molecule is Cc1ccc(CNC(=O)c2ccc(N3CCC(O)CC3)cc2)s1. The van der Waals surface area contributed by atoms with Crippen LogP contribution in [0.4, 0.5) is 5.69 Å². The van der Waals surface area contributed by atoms with E-state index in [4.69, 9.17) is 0 Å². The summed E-state index contributed by atoms with van der Waals surface area (Å²) in [6, 6.07) is 11.8. The predicted octanol–water partition coefficient (Wildman–Crippen LogP) is 2.95. The molecule has 0 aliphatic carbocycles. The van der Waals surface area contributed by atoms with Gasteiger partial charge in [0.15, 0.2) is 0 Å². The van der Waals surface area contributed by atoms with Gasteiger partial charge in [-0.05, 0) is 56.2 Å². The fraction of sp³-hybridized carbons (Fsp3) is 0.389. The summed E-state index contributed by atoms with van der Waals surface area (Å²) in [6.07, 6.45) is 1.45. The van der Waals surface area contributed by atoms with Crippen molar-refractivity contribution in [3.63, 3.8) is 0 Å². The first-order valence-corrected chi connectivity index (χ1v) is 8.80. The zero-order valence-corrected chi connectivity index (χ0v) is 14.1. The number of rotatable bonds is 4. The Hall–Kier alpha value is -1.85. The highest BCUT2D eigenvalue weighted by molar-refractivity contribution is 7.11. The summed E-state index contributed by atoms with van der Waals surface area (Å²) < 4.78 is 0. The van der Waals surface area contributed by atoms with Gasteiger partial charge in [0, 0.05) is 34.1 Å². The van der Waals surface area contributed by atoms with Crippen LogP contribution in [-0.2, 0) is 6.54 Å². The number of carbonyl (C=O) groups excluding carboxylic acids is 1. The Morgan fingerprint density at radius 3 is 2.52 bits per heavy atom. The third-order valence-electron chi connectivity index (χ3n) is 4.18. The van der Waals surface area contributed by atoms with Crippen LogP contribution in [0.25, 0.3) is 0 Å². The van der Waals surface area contributed by atoms with E-state index in [9.17, 15) is 9.90 Å². The zero-order chi connectivity index (χ0) is 16.2. The second-order valence-electron chi connectivity index (χ2n) is 5.96. The van der Waals surface area contributed by atoms with E-state index in [1.807, 2.05) is 30.3 Å². The molecule has 1 fully saturated rings. The summed E-state index contributed by atoms with van der Waals surface area (Å²) in [4.78, 5) is 16.9. The van der Waals surface area contributed by atoms with E-state index >= 15 is 0 Å². The van der Waals surface area contributed by atoms with Crippen LogP contribution in [-0.4, -0.2) is 30.2 Å². The number of anilines is 1. The van der Waals surface area contributed by atoms with Crippen LogP contribution in [0.15, 0.2) is 36.4 Å². The van der Waals surface area contributed by atoms with Gasteiger partial charge in [0.2, 0.25) is 0 Å². The van der Waals surface area contributed by atoms with Crippen molar-refractivity contribution >= 4 is 22.9 Å². The van der Waals surface area contributed by atoms with E-state index in [0.29, 0.717) is 12.1 Å². The lowest BCUT2D eigenvalue weighted by molar-refractivity contribution is 0.0951. The topological polar surface area (TPSA) is 52.6 Å². The molecule has 1 aliphatic heterocycles. The number of nitrogens with one attached hydrogen (secondary N) is 1. The highest BCUT2D eigenvalue weighted by Gasteiger charge is 2.17. The minimum absolute atomic E-state index is 0.0448. The van der Waals surface area contributed by atoms with Crippen molar-refractivity contribution in [1.82, 2.24) is 5.32 Å². The van der Waals surface area contributed by atoms with Crippen molar-refractivity contribution in [1.29, 1.82) is 0 Å². The van der Waals surface area contributed by atoms with Crippen molar-refractivity contribution in [2.45, 2.75) is 32.4 Å². The Morgan fingerprint density at radius 1 is 1.22 bits per heavy atom. The number of carbonyl (C=O) groups is 1. The van der Waals surface area contributed by atoms with Gasteiger partial charge in [-0.2, -0.15) is 0 Å². The number of thiophene rings is 1. The van der Waals surface area contributed by atoms with E-state index in [-0.39, 0.29) is 12.0 Å². The number of amides is 1. The van der Waals surface area contributed by atoms with E-state index in [1.54, 1.807) is 11.3 Å². The van der Waals surface area contributed by atoms with Gasteiger partial charge >= 0.3 is 0 Å². The fourth-order valence-corrected chi connectivity index (χ4v) is 3.63. The third-order valence-corrected chi connectivity index (χ3v) is 5.18. The van der Waals surface area contributed by atoms with E-state index < -0.39 is 0 Å². The number of piperidine rings is 1. The minimum Gasteiger partial charge on any atom is -0.393 e. The summed E-state index contributed by atoms with van der Waals surface area (Å²) in [5.74, 6) is -0.0448. The minimum atomic E-state index is -0.169. The molecule has 0 bridgehead atoms. The van der Waals surface area contributed by atoms with E-state index in [2.05, 4.69) is 23.2 Å². The van der Waals surface area contributed by atoms with Crippen LogP contribution in [0.1, 0.15) is 33.0 Å². The number of aryl methyl sites for hydroxylation is 1. The van der Waals surface area contributed by atoms with Crippen molar-refractivity contribution < 1.29 is 9.90 Å². The van der Waals surface area contributed by atoms with E-state index in [1.165, 1.54) is 9.75 Å². The number of nitrogens with zero attached hydrogens (tertiary/aromatic N) is 1. The maximum Gasteiger partial charge on any atom is 0.251 e. The Balaban J connectivity index is 1.57. The quantitative estimate of drug-likeness (QED) is 0.906. The summed E-state index contributed by atoms with van der Waals surface area (Å²) in [7, 11) is 0. The van der Waals surface area contributed by atoms with Crippen molar-refractivity contribution in [3.8, 4) is 0 Å². The van der Waals surface area contributed by atoms with Crippen LogP contribution in [0.3, 0.4) is 0 Å². The molecule has 1 saturated heterocycles. The largest absolute Gasteiger partial charge is 0.393 e. The molecule has 1 amide bonds. The standard InChI is InChI=1S/C18H22N2O2S/c1-13-2-7-17(23-13)12-19-18(22)14-3-5-15(6-4-14)20-10-8-16(21)9-11-20/h2-7,16,21H,8-12H2,1H3,(H,19,22). The predicted molar refractivity (Wildman–Crippen MR) is 94.1 cm³/mol. The number of benzene rings is 1. The molecule has 122 valence electrons. The molecule has 4 nitrogen and oxygen atoms in total. The van der Waals surface area contributed by atoms with Crippen LogP contribution in [0.2, 0.25) is 0 Å². The van der Waals surface area contributed by atoms with Crippen molar-refractivity contribution in [2.24, 2.45) is 0 Å². The summed E-state index contributed by atoms with van der Waals surface area (Å²) >= 11 is 1.70. The van der Waals surface area contributed by atoms with Gasteiger partial charge in [-0.25, -0.2) is 0 Å². The van der Waals surface area contributed by atoms with Gasteiger partial charge in [0.05, 0.1) is 12.6 Å². The lowest BCUT2D eigenvalue weighted by atomic mass is 10.1. The Bertz CT molecular complexity index is 658. The average Bonchev–Trinajstić information content (AvgIpc) is 2.99. The van der Waals surface area contributed by atoms with Gasteiger partial charge in [-0.1, -0.05) is 0 Å². The van der Waals surface area contributed by atoms with Crippen molar-refractivity contribution in [3.05, 3.63) is 51.7 Å². The van der Waals surface area contributed by atoms with Gasteiger partial charge in [-0.15, -0.1) is 11.3 Å². The highest BCUT2D eigenvalue weighted by Crippen LogP contribution is 2.20. The molecule has 0 radical (unpaired) electrons. The number of aliphatic hydroxyl groups excluding tert-OH is 1. The highest BCUT2D eigenvalue weighted by atomic mass is 32.1. The second-order valence-corrected chi connectivity index (χ2v) is 7.33. The van der Waals surface area contributed by atoms with Crippen LogP contribution in [0.5, 0.6) is 0 Å². The number of hydrogen-bond acceptors (Lipinski definition) is 4. The summed E-state index contributed by atoms with van der Waals surface area (Å²) in [5.41, 5.74) is 1.79. The smallest absolute Gasteiger partial charge is 0.251 e. The zero-order valence-electron chi connectivity index (χ0n) is 13.3. The van der Waals surface area contributed by atoms with Gasteiger partial charge in [0.25, 0.3) is 5.91 Å². The first-order valence-electron chi connectivity index (χ1n) is 7.98. The summed E-state index contributed by atoms with van der Waals surface area (Å²) in [6.45, 7) is 4.37. The lowest BCUT2D eigenvalue weighted by Crippen LogP contribution is -2.35. The maximum absolute atomic E-state index is 12.2. The maximum atomic E-state index is 12.2. The molecule has 23 heavy (non-hydrogen) atoms. The van der Waals surface area contributed by atoms with Crippen LogP contribution in [0, 0.1) is 6.92 Å². The molecule has 1 aromatic heterocycles. The first kappa shape index (κ1) is 16.0. The second kappa shape index (κ2) is 7.15.